The van der Waals surface area contributed by atoms with Gasteiger partial charge in [0.1, 0.15) is 5.76 Å². The molecule has 15 heavy (non-hydrogen) atoms. The summed E-state index contributed by atoms with van der Waals surface area (Å²) in [6.07, 6.45) is 3.37. The Morgan fingerprint density at radius 2 is 2.27 bits per heavy atom. The summed E-state index contributed by atoms with van der Waals surface area (Å²) in [6, 6.07) is 0.187. The fourth-order valence-corrected chi connectivity index (χ4v) is 1.99. The molecule has 0 radical (unpaired) electrons. The van der Waals surface area contributed by atoms with Gasteiger partial charge in [-0.2, -0.15) is 0 Å². The predicted molar refractivity (Wildman–Crippen MR) is 61.8 cm³/mol. The molecule has 0 saturated heterocycles. The van der Waals surface area contributed by atoms with Gasteiger partial charge in [-0.05, 0) is 26.0 Å². The summed E-state index contributed by atoms with van der Waals surface area (Å²) in [7, 11) is 1.96. The van der Waals surface area contributed by atoms with Crippen molar-refractivity contribution in [2.45, 2.75) is 39.3 Å². The van der Waals surface area contributed by atoms with Crippen molar-refractivity contribution in [3.8, 4) is 0 Å². The summed E-state index contributed by atoms with van der Waals surface area (Å²) in [5.41, 5.74) is 0. The monoisotopic (exact) mass is 213 g/mol. The van der Waals surface area contributed by atoms with E-state index in [9.17, 15) is 0 Å². The average Bonchev–Trinajstić information content (AvgIpc) is 2.71. The topological polar surface area (TPSA) is 30.5 Å². The molecule has 0 aromatic heterocycles. The minimum Gasteiger partial charge on any atom is -0.496 e. The van der Waals surface area contributed by atoms with Crippen molar-refractivity contribution < 1.29 is 9.47 Å². The van der Waals surface area contributed by atoms with Crippen LogP contribution in [-0.4, -0.2) is 32.4 Å². The molecule has 3 heteroatoms. The highest BCUT2D eigenvalue weighted by Crippen LogP contribution is 2.21. The molecule has 88 valence electrons. The maximum absolute atomic E-state index is 5.79. The van der Waals surface area contributed by atoms with Gasteiger partial charge in [-0.3, -0.25) is 0 Å². The molecule has 1 aliphatic rings. The second-order valence-electron chi connectivity index (χ2n) is 4.17. The molecule has 0 spiro atoms. The molecule has 1 aliphatic heterocycles. The van der Waals surface area contributed by atoms with Crippen LogP contribution in [0.25, 0.3) is 0 Å². The quantitative estimate of drug-likeness (QED) is 0.731. The Hall–Kier alpha value is -0.540. The number of rotatable bonds is 6. The van der Waals surface area contributed by atoms with Crippen molar-refractivity contribution >= 4 is 0 Å². The third kappa shape index (κ3) is 3.21. The lowest BCUT2D eigenvalue weighted by atomic mass is 9.98. The van der Waals surface area contributed by atoms with E-state index < -0.39 is 0 Å². The van der Waals surface area contributed by atoms with Gasteiger partial charge >= 0.3 is 0 Å². The minimum atomic E-state index is 0.185. The summed E-state index contributed by atoms with van der Waals surface area (Å²) in [4.78, 5) is 0. The van der Waals surface area contributed by atoms with Crippen LogP contribution in [0.15, 0.2) is 11.8 Å². The number of nitrogens with one attached hydrogen (secondary N) is 1. The normalized spacial score (nSPS) is 19.9. The number of hydrogen-bond acceptors (Lipinski definition) is 3. The van der Waals surface area contributed by atoms with Crippen molar-refractivity contribution in [2.75, 3.05) is 20.3 Å². The van der Waals surface area contributed by atoms with Crippen LogP contribution in [0.3, 0.4) is 0 Å². The fraction of sp³-hybridized carbons (Fsp3) is 0.833. The summed E-state index contributed by atoms with van der Waals surface area (Å²) in [5, 5.41) is 3.29. The lowest BCUT2D eigenvalue weighted by Crippen LogP contribution is -2.44. The highest BCUT2D eigenvalue weighted by Gasteiger charge is 2.29. The molecular weight excluding hydrogens is 190 g/mol. The molecule has 0 aromatic rings. The van der Waals surface area contributed by atoms with Crippen molar-refractivity contribution in [1.82, 2.24) is 5.32 Å². The minimum absolute atomic E-state index is 0.185. The molecule has 2 atom stereocenters. The van der Waals surface area contributed by atoms with Gasteiger partial charge in [0.25, 0.3) is 0 Å². The fourth-order valence-electron chi connectivity index (χ4n) is 1.99. The van der Waals surface area contributed by atoms with Crippen LogP contribution in [0.1, 0.15) is 27.2 Å². The van der Waals surface area contributed by atoms with Crippen LogP contribution < -0.4 is 5.32 Å². The predicted octanol–water partition coefficient (Wildman–Crippen LogP) is 1.94. The number of ether oxygens (including phenoxy) is 2. The van der Waals surface area contributed by atoms with Gasteiger partial charge in [0, 0.05) is 13.0 Å². The molecular formula is C12H23NO2. The molecule has 2 unspecified atom stereocenters. The van der Waals surface area contributed by atoms with E-state index in [1.807, 2.05) is 14.0 Å². The van der Waals surface area contributed by atoms with Gasteiger partial charge in [-0.15, -0.1) is 0 Å². The lowest BCUT2D eigenvalue weighted by Gasteiger charge is -2.30. The number of likely N-dealkylation sites (N-methyl/N-ethyl adjacent to an activating group) is 1. The van der Waals surface area contributed by atoms with E-state index in [2.05, 4.69) is 25.2 Å². The van der Waals surface area contributed by atoms with Gasteiger partial charge in [-0.25, -0.2) is 0 Å². The van der Waals surface area contributed by atoms with Crippen LogP contribution in [-0.2, 0) is 9.47 Å². The zero-order chi connectivity index (χ0) is 11.3. The Bertz CT molecular complexity index is 214. The summed E-state index contributed by atoms with van der Waals surface area (Å²) >= 11 is 0. The van der Waals surface area contributed by atoms with Gasteiger partial charge in [-0.1, -0.05) is 13.8 Å². The van der Waals surface area contributed by atoms with Crippen molar-refractivity contribution in [3.05, 3.63) is 11.8 Å². The molecule has 0 fully saturated rings. The first-order valence-electron chi connectivity index (χ1n) is 5.82. The Kier molecular flexibility index (Phi) is 5.12. The maximum atomic E-state index is 5.79. The first kappa shape index (κ1) is 12.5. The van der Waals surface area contributed by atoms with Crippen LogP contribution in [0.2, 0.25) is 0 Å². The van der Waals surface area contributed by atoms with Crippen LogP contribution >= 0.6 is 0 Å². The molecule has 1 rings (SSSR count). The van der Waals surface area contributed by atoms with Crippen molar-refractivity contribution in [1.29, 1.82) is 0 Å². The molecule has 0 aliphatic carbocycles. The number of hydrogen-bond donors (Lipinski definition) is 1. The van der Waals surface area contributed by atoms with Gasteiger partial charge < -0.3 is 14.8 Å². The standard InChI is InChI=1S/C12H23NO2/c1-5-14-12(9(2)3)11(13-4)10-7-6-8-15-10/h7,9,11-13H,5-6,8H2,1-4H3. The molecule has 0 saturated carbocycles. The highest BCUT2D eigenvalue weighted by molar-refractivity contribution is 5.10. The Labute approximate surface area is 92.8 Å². The molecule has 1 heterocycles. The third-order valence-electron chi connectivity index (χ3n) is 2.69. The largest absolute Gasteiger partial charge is 0.496 e. The SMILES string of the molecule is CCOC(C(C)C)C(NC)C1=CCCO1. The van der Waals surface area contributed by atoms with Crippen molar-refractivity contribution in [2.24, 2.45) is 5.92 Å². The van der Waals surface area contributed by atoms with E-state index in [0.717, 1.165) is 25.4 Å². The highest BCUT2D eigenvalue weighted by atomic mass is 16.5. The Balaban J connectivity index is 2.68. The van der Waals surface area contributed by atoms with Crippen LogP contribution in [0.4, 0.5) is 0 Å². The lowest BCUT2D eigenvalue weighted by molar-refractivity contribution is 0.00135. The van der Waals surface area contributed by atoms with Crippen molar-refractivity contribution in [3.63, 3.8) is 0 Å². The first-order chi connectivity index (χ1) is 7.20. The zero-order valence-corrected chi connectivity index (χ0v) is 10.2. The van der Waals surface area contributed by atoms with E-state index >= 15 is 0 Å². The van der Waals surface area contributed by atoms with Gasteiger partial charge in [0.15, 0.2) is 0 Å². The second kappa shape index (κ2) is 6.13. The molecule has 0 amide bonds. The molecule has 0 aromatic carbocycles. The van der Waals surface area contributed by atoms with Crippen LogP contribution in [0, 0.1) is 5.92 Å². The second-order valence-corrected chi connectivity index (χ2v) is 4.17. The van der Waals surface area contributed by atoms with E-state index in [1.165, 1.54) is 0 Å². The molecule has 1 N–H and O–H groups in total. The average molecular weight is 213 g/mol. The zero-order valence-electron chi connectivity index (χ0n) is 10.2. The van der Waals surface area contributed by atoms with E-state index in [4.69, 9.17) is 9.47 Å². The molecule has 0 bridgehead atoms. The van der Waals surface area contributed by atoms with E-state index in [1.54, 1.807) is 0 Å². The summed E-state index contributed by atoms with van der Waals surface area (Å²) < 4.78 is 11.4. The van der Waals surface area contributed by atoms with Gasteiger partial charge in [0.05, 0.1) is 18.8 Å². The van der Waals surface area contributed by atoms with E-state index in [-0.39, 0.29) is 12.1 Å². The summed E-state index contributed by atoms with van der Waals surface area (Å²) in [6.45, 7) is 7.95. The Morgan fingerprint density at radius 1 is 1.53 bits per heavy atom. The van der Waals surface area contributed by atoms with E-state index in [0.29, 0.717) is 5.92 Å². The first-order valence-corrected chi connectivity index (χ1v) is 5.82. The summed E-state index contributed by atoms with van der Waals surface area (Å²) in [5.74, 6) is 1.53. The smallest absolute Gasteiger partial charge is 0.112 e. The van der Waals surface area contributed by atoms with Gasteiger partial charge in [0.2, 0.25) is 0 Å². The third-order valence-corrected chi connectivity index (χ3v) is 2.69. The molecule has 3 nitrogen and oxygen atoms in total. The maximum Gasteiger partial charge on any atom is 0.112 e. The Morgan fingerprint density at radius 3 is 2.67 bits per heavy atom. The van der Waals surface area contributed by atoms with Crippen LogP contribution in [0.5, 0.6) is 0 Å².